The van der Waals surface area contributed by atoms with Gasteiger partial charge in [0.1, 0.15) is 24.0 Å². The van der Waals surface area contributed by atoms with E-state index < -0.39 is 0 Å². The summed E-state index contributed by atoms with van der Waals surface area (Å²) in [5, 5.41) is 0. The van der Waals surface area contributed by atoms with Gasteiger partial charge in [0.2, 0.25) is 0 Å². The molecular formula is C21H20O3. The highest BCUT2D eigenvalue weighted by molar-refractivity contribution is 5.65. The second kappa shape index (κ2) is 8.53. The zero-order chi connectivity index (χ0) is 17.4. The number of hydrogen-bond donors (Lipinski definition) is 0. The first-order valence-electron chi connectivity index (χ1n) is 7.52. The SMILES string of the molecule is C=O.COc1ccc(-c2ccc(Oc3ccc(C)cc3)cc2)cc1. The molecule has 0 aliphatic heterocycles. The summed E-state index contributed by atoms with van der Waals surface area (Å²) in [6.07, 6.45) is 0. The molecule has 0 radical (unpaired) electrons. The van der Waals surface area contributed by atoms with E-state index in [1.807, 2.05) is 55.3 Å². The molecule has 3 aromatic rings. The first-order valence-corrected chi connectivity index (χ1v) is 7.52. The molecular weight excluding hydrogens is 300 g/mol. The van der Waals surface area contributed by atoms with Crippen LogP contribution in [-0.4, -0.2) is 13.9 Å². The van der Waals surface area contributed by atoms with Crippen LogP contribution in [0.5, 0.6) is 17.2 Å². The number of aryl methyl sites for hydroxylation is 1. The van der Waals surface area contributed by atoms with Gasteiger partial charge in [0, 0.05) is 0 Å². The van der Waals surface area contributed by atoms with Crippen molar-refractivity contribution in [3.63, 3.8) is 0 Å². The Hall–Kier alpha value is -3.07. The van der Waals surface area contributed by atoms with E-state index in [0.29, 0.717) is 0 Å². The summed E-state index contributed by atoms with van der Waals surface area (Å²) in [7, 11) is 1.67. The van der Waals surface area contributed by atoms with Gasteiger partial charge in [-0.1, -0.05) is 42.0 Å². The third kappa shape index (κ3) is 4.46. The van der Waals surface area contributed by atoms with Crippen LogP contribution in [-0.2, 0) is 4.79 Å². The Morgan fingerprint density at radius 2 is 1.00 bits per heavy atom. The maximum atomic E-state index is 8.00. The van der Waals surface area contributed by atoms with Crippen LogP contribution in [0.2, 0.25) is 0 Å². The molecule has 0 bridgehead atoms. The van der Waals surface area contributed by atoms with E-state index in [9.17, 15) is 0 Å². The number of carbonyl (C=O) groups excluding carboxylic acids is 1. The number of rotatable bonds is 4. The fourth-order valence-electron chi connectivity index (χ4n) is 2.24. The minimum absolute atomic E-state index is 0.834. The Bertz CT molecular complexity index is 745. The monoisotopic (exact) mass is 320 g/mol. The van der Waals surface area contributed by atoms with Crippen LogP contribution in [0.4, 0.5) is 0 Å². The largest absolute Gasteiger partial charge is 0.497 e. The molecule has 24 heavy (non-hydrogen) atoms. The molecule has 0 N–H and O–H groups in total. The van der Waals surface area contributed by atoms with Gasteiger partial charge >= 0.3 is 0 Å². The topological polar surface area (TPSA) is 35.5 Å². The molecule has 0 spiro atoms. The highest BCUT2D eigenvalue weighted by Crippen LogP contribution is 2.27. The number of methoxy groups -OCH3 is 1. The van der Waals surface area contributed by atoms with Crippen molar-refractivity contribution in [2.45, 2.75) is 6.92 Å². The number of carbonyl (C=O) groups is 1. The maximum absolute atomic E-state index is 8.00. The second-order valence-electron chi connectivity index (χ2n) is 5.17. The van der Waals surface area contributed by atoms with Crippen molar-refractivity contribution in [3.05, 3.63) is 78.4 Å². The van der Waals surface area contributed by atoms with Crippen LogP contribution in [0.3, 0.4) is 0 Å². The average Bonchev–Trinajstić information content (AvgIpc) is 2.66. The standard InChI is InChI=1S/C20H18O2.CH2O/c1-15-3-9-19(10-4-15)22-20-13-7-17(8-14-20)16-5-11-18(21-2)12-6-16;1-2/h3-14H,1-2H3;1H2. The van der Waals surface area contributed by atoms with E-state index in [0.717, 1.165) is 28.4 Å². The summed E-state index contributed by atoms with van der Waals surface area (Å²) in [5.74, 6) is 2.55. The van der Waals surface area contributed by atoms with Gasteiger partial charge < -0.3 is 14.3 Å². The molecule has 3 nitrogen and oxygen atoms in total. The maximum Gasteiger partial charge on any atom is 0.127 e. The molecule has 0 atom stereocenters. The van der Waals surface area contributed by atoms with E-state index in [4.69, 9.17) is 14.3 Å². The van der Waals surface area contributed by atoms with Crippen molar-refractivity contribution in [2.24, 2.45) is 0 Å². The van der Waals surface area contributed by atoms with Crippen molar-refractivity contribution in [1.29, 1.82) is 0 Å². The molecule has 0 aromatic heterocycles. The van der Waals surface area contributed by atoms with E-state index in [-0.39, 0.29) is 0 Å². The molecule has 0 unspecified atom stereocenters. The fourth-order valence-corrected chi connectivity index (χ4v) is 2.24. The summed E-state index contributed by atoms with van der Waals surface area (Å²) in [5.41, 5.74) is 3.53. The van der Waals surface area contributed by atoms with Gasteiger partial charge in [0.15, 0.2) is 0 Å². The van der Waals surface area contributed by atoms with Gasteiger partial charge in [-0.3, -0.25) is 0 Å². The number of benzene rings is 3. The minimum atomic E-state index is 0.834. The van der Waals surface area contributed by atoms with Crippen molar-refractivity contribution in [1.82, 2.24) is 0 Å². The smallest absolute Gasteiger partial charge is 0.127 e. The van der Waals surface area contributed by atoms with Crippen molar-refractivity contribution in [3.8, 4) is 28.4 Å². The Morgan fingerprint density at radius 3 is 1.42 bits per heavy atom. The Morgan fingerprint density at radius 1 is 0.625 bits per heavy atom. The first-order chi connectivity index (χ1) is 11.7. The average molecular weight is 320 g/mol. The highest BCUT2D eigenvalue weighted by Gasteiger charge is 2.01. The number of hydrogen-bond acceptors (Lipinski definition) is 3. The summed E-state index contributed by atoms with van der Waals surface area (Å²) in [6.45, 7) is 4.06. The van der Waals surface area contributed by atoms with Crippen molar-refractivity contribution >= 4 is 6.79 Å². The molecule has 0 saturated carbocycles. The minimum Gasteiger partial charge on any atom is -0.497 e. The summed E-state index contributed by atoms with van der Waals surface area (Å²) < 4.78 is 11.0. The van der Waals surface area contributed by atoms with Crippen molar-refractivity contribution < 1.29 is 14.3 Å². The summed E-state index contributed by atoms with van der Waals surface area (Å²) in [6, 6.07) is 24.2. The van der Waals surface area contributed by atoms with Crippen LogP contribution in [0.25, 0.3) is 11.1 Å². The number of ether oxygens (including phenoxy) is 2. The molecule has 0 aliphatic carbocycles. The predicted molar refractivity (Wildman–Crippen MR) is 96.8 cm³/mol. The molecule has 0 amide bonds. The third-order valence-corrected chi connectivity index (χ3v) is 3.53. The zero-order valence-corrected chi connectivity index (χ0v) is 13.9. The lowest BCUT2D eigenvalue weighted by Crippen LogP contribution is -1.85. The zero-order valence-electron chi connectivity index (χ0n) is 13.9. The van der Waals surface area contributed by atoms with E-state index in [1.54, 1.807) is 7.11 Å². The van der Waals surface area contributed by atoms with Crippen LogP contribution < -0.4 is 9.47 Å². The van der Waals surface area contributed by atoms with Crippen molar-refractivity contribution in [2.75, 3.05) is 7.11 Å². The lowest BCUT2D eigenvalue weighted by Gasteiger charge is -2.08. The van der Waals surface area contributed by atoms with Gasteiger partial charge in [0.05, 0.1) is 7.11 Å². The van der Waals surface area contributed by atoms with Gasteiger partial charge in [-0.15, -0.1) is 0 Å². The predicted octanol–water partition coefficient (Wildman–Crippen LogP) is 5.28. The lowest BCUT2D eigenvalue weighted by atomic mass is 10.1. The Balaban J connectivity index is 0.00000100. The molecule has 0 aliphatic rings. The van der Waals surface area contributed by atoms with Crippen LogP contribution in [0.1, 0.15) is 5.56 Å². The quantitative estimate of drug-likeness (QED) is 0.656. The van der Waals surface area contributed by atoms with Gasteiger partial charge in [-0.25, -0.2) is 0 Å². The molecule has 122 valence electrons. The van der Waals surface area contributed by atoms with E-state index in [1.165, 1.54) is 5.56 Å². The van der Waals surface area contributed by atoms with Gasteiger partial charge in [-0.2, -0.15) is 0 Å². The second-order valence-corrected chi connectivity index (χ2v) is 5.17. The first kappa shape index (κ1) is 17.3. The van der Waals surface area contributed by atoms with Gasteiger partial charge in [0.25, 0.3) is 0 Å². The van der Waals surface area contributed by atoms with Crippen LogP contribution in [0, 0.1) is 6.92 Å². The van der Waals surface area contributed by atoms with E-state index >= 15 is 0 Å². The van der Waals surface area contributed by atoms with E-state index in [2.05, 4.69) is 31.2 Å². The van der Waals surface area contributed by atoms with Gasteiger partial charge in [-0.05, 0) is 54.4 Å². The third-order valence-electron chi connectivity index (χ3n) is 3.53. The molecule has 3 aromatic carbocycles. The highest BCUT2D eigenvalue weighted by atomic mass is 16.5. The fraction of sp³-hybridized carbons (Fsp3) is 0.0952. The van der Waals surface area contributed by atoms with Crippen LogP contribution >= 0.6 is 0 Å². The molecule has 0 fully saturated rings. The lowest BCUT2D eigenvalue weighted by molar-refractivity contribution is -0.0979. The molecule has 0 heterocycles. The normalized spacial score (nSPS) is 9.58. The van der Waals surface area contributed by atoms with Crippen LogP contribution in [0.15, 0.2) is 72.8 Å². The Kier molecular flexibility index (Phi) is 6.15. The molecule has 3 heteroatoms. The summed E-state index contributed by atoms with van der Waals surface area (Å²) in [4.78, 5) is 8.00. The molecule has 3 rings (SSSR count). The molecule has 0 saturated heterocycles. The Labute approximate surface area is 142 Å². The summed E-state index contributed by atoms with van der Waals surface area (Å²) >= 11 is 0.